The number of nitrogens with one attached hydrogen (secondary N) is 1. The molecule has 24 heavy (non-hydrogen) atoms. The van der Waals surface area contributed by atoms with Gasteiger partial charge in [0.15, 0.2) is 0 Å². The lowest BCUT2D eigenvalue weighted by atomic mass is 9.98. The summed E-state index contributed by atoms with van der Waals surface area (Å²) >= 11 is 0. The zero-order chi connectivity index (χ0) is 16.9. The molecule has 4 nitrogen and oxygen atoms in total. The molecule has 138 valence electrons. The fourth-order valence-corrected chi connectivity index (χ4v) is 4.54. The number of hydrogen-bond acceptors (Lipinski definition) is 3. The predicted molar refractivity (Wildman–Crippen MR) is 102 cm³/mol. The minimum Gasteiger partial charge on any atom is -0.319 e. The zero-order valence-corrected chi connectivity index (χ0v) is 16.6. The van der Waals surface area contributed by atoms with Crippen molar-refractivity contribution in [2.75, 3.05) is 26.7 Å². The maximum absolute atomic E-state index is 12.7. The van der Waals surface area contributed by atoms with Crippen molar-refractivity contribution in [3.8, 4) is 0 Å². The van der Waals surface area contributed by atoms with Crippen LogP contribution < -0.4 is 5.32 Å². The summed E-state index contributed by atoms with van der Waals surface area (Å²) in [5.41, 5.74) is 1.21. The third-order valence-corrected chi connectivity index (χ3v) is 6.55. The summed E-state index contributed by atoms with van der Waals surface area (Å²) in [6, 6.07) is 7.46. The number of halogens is 1. The topological polar surface area (TPSA) is 49.4 Å². The Hall–Kier alpha value is -0.620. The van der Waals surface area contributed by atoms with E-state index in [9.17, 15) is 8.42 Å². The number of rotatable bonds is 7. The Kier molecular flexibility index (Phi) is 8.71. The van der Waals surface area contributed by atoms with E-state index in [1.807, 2.05) is 19.2 Å². The Morgan fingerprint density at radius 2 is 1.75 bits per heavy atom. The van der Waals surface area contributed by atoms with Crippen LogP contribution in [0.5, 0.6) is 0 Å². The number of nitrogens with zero attached hydrogens (tertiary/aromatic N) is 1. The quantitative estimate of drug-likeness (QED) is 0.796. The average Bonchev–Trinajstić information content (AvgIpc) is 2.54. The van der Waals surface area contributed by atoms with E-state index in [2.05, 4.69) is 19.2 Å². The monoisotopic (exact) mass is 374 g/mol. The van der Waals surface area contributed by atoms with Gasteiger partial charge in [-0.25, -0.2) is 8.42 Å². The molecule has 1 aromatic rings. The van der Waals surface area contributed by atoms with E-state index in [1.54, 1.807) is 16.4 Å². The fraction of sp³-hybridized carbons (Fsp3) is 0.667. The lowest BCUT2D eigenvalue weighted by Crippen LogP contribution is -2.40. The van der Waals surface area contributed by atoms with Crippen molar-refractivity contribution in [3.05, 3.63) is 29.8 Å². The summed E-state index contributed by atoms with van der Waals surface area (Å²) in [5, 5.41) is 3.18. The number of aryl methyl sites for hydroxylation is 1. The fourth-order valence-electron chi connectivity index (χ4n) is 3.07. The minimum absolute atomic E-state index is 0. The molecule has 1 aliphatic heterocycles. The Balaban J connectivity index is 0.00000288. The molecule has 1 aliphatic rings. The maximum Gasteiger partial charge on any atom is 0.243 e. The second-order valence-corrected chi connectivity index (χ2v) is 8.92. The molecule has 1 saturated heterocycles. The highest BCUT2D eigenvalue weighted by atomic mass is 35.5. The lowest BCUT2D eigenvalue weighted by molar-refractivity contribution is 0.270. The largest absolute Gasteiger partial charge is 0.319 e. The number of benzene rings is 1. The van der Waals surface area contributed by atoms with Gasteiger partial charge in [0, 0.05) is 13.1 Å². The van der Waals surface area contributed by atoms with Crippen LogP contribution in [0.25, 0.3) is 0 Å². The molecular weight excluding hydrogens is 344 g/mol. The third-order valence-electron chi connectivity index (χ3n) is 4.64. The van der Waals surface area contributed by atoms with Crippen molar-refractivity contribution < 1.29 is 8.42 Å². The highest BCUT2D eigenvalue weighted by Gasteiger charge is 2.28. The first-order chi connectivity index (χ1) is 10.9. The van der Waals surface area contributed by atoms with E-state index in [-0.39, 0.29) is 12.4 Å². The Bertz CT molecular complexity index is 580. The van der Waals surface area contributed by atoms with Gasteiger partial charge < -0.3 is 5.32 Å². The zero-order valence-electron chi connectivity index (χ0n) is 15.0. The van der Waals surface area contributed by atoms with Gasteiger partial charge in [0.2, 0.25) is 10.0 Å². The van der Waals surface area contributed by atoms with Crippen molar-refractivity contribution in [2.45, 2.75) is 44.4 Å². The van der Waals surface area contributed by atoms with Crippen molar-refractivity contribution in [3.63, 3.8) is 0 Å². The van der Waals surface area contributed by atoms with Crippen molar-refractivity contribution in [1.82, 2.24) is 9.62 Å². The molecule has 0 spiro atoms. The SMILES string of the molecule is CNCC1CCN(S(=O)(=O)c2ccc(CCC(C)C)cc2)CC1.Cl. The van der Waals surface area contributed by atoms with Crippen molar-refractivity contribution in [2.24, 2.45) is 11.8 Å². The summed E-state index contributed by atoms with van der Waals surface area (Å²) in [5.74, 6) is 1.25. The summed E-state index contributed by atoms with van der Waals surface area (Å²) in [4.78, 5) is 0.429. The molecule has 0 radical (unpaired) electrons. The van der Waals surface area contributed by atoms with Crippen LogP contribution in [0.4, 0.5) is 0 Å². The maximum atomic E-state index is 12.7. The second-order valence-electron chi connectivity index (χ2n) is 6.98. The minimum atomic E-state index is -3.34. The third kappa shape index (κ3) is 5.73. The Labute approximate surface area is 153 Å². The van der Waals surface area contributed by atoms with Gasteiger partial charge in [-0.1, -0.05) is 26.0 Å². The average molecular weight is 375 g/mol. The summed E-state index contributed by atoms with van der Waals surface area (Å²) in [6.45, 7) is 6.64. The Morgan fingerprint density at radius 3 is 2.25 bits per heavy atom. The summed E-state index contributed by atoms with van der Waals surface area (Å²) in [7, 11) is -1.39. The first-order valence-corrected chi connectivity index (χ1v) is 10.1. The normalized spacial score (nSPS) is 17.0. The predicted octanol–water partition coefficient (Wildman–Crippen LogP) is 3.32. The van der Waals surface area contributed by atoms with Crippen LogP contribution in [0.3, 0.4) is 0 Å². The molecule has 1 fully saturated rings. The Morgan fingerprint density at radius 1 is 1.17 bits per heavy atom. The summed E-state index contributed by atoms with van der Waals surface area (Å²) < 4.78 is 27.1. The van der Waals surface area contributed by atoms with Crippen LogP contribution in [0, 0.1) is 11.8 Å². The first kappa shape index (κ1) is 21.4. The molecule has 0 saturated carbocycles. The molecular formula is C18H31ClN2O2S. The molecule has 0 amide bonds. The van der Waals surface area contributed by atoms with Gasteiger partial charge in [-0.3, -0.25) is 0 Å². The van der Waals surface area contributed by atoms with E-state index in [1.165, 1.54) is 5.56 Å². The van der Waals surface area contributed by atoms with Gasteiger partial charge in [-0.15, -0.1) is 12.4 Å². The highest BCUT2D eigenvalue weighted by molar-refractivity contribution is 7.89. The molecule has 6 heteroatoms. The van der Waals surface area contributed by atoms with Crippen molar-refractivity contribution >= 4 is 22.4 Å². The van der Waals surface area contributed by atoms with Crippen LogP contribution >= 0.6 is 12.4 Å². The smallest absolute Gasteiger partial charge is 0.243 e. The second kappa shape index (κ2) is 9.76. The van der Waals surface area contributed by atoms with E-state index < -0.39 is 10.0 Å². The van der Waals surface area contributed by atoms with Gasteiger partial charge in [0.25, 0.3) is 0 Å². The van der Waals surface area contributed by atoms with Crippen molar-refractivity contribution in [1.29, 1.82) is 0 Å². The van der Waals surface area contributed by atoms with Gasteiger partial charge in [0.1, 0.15) is 0 Å². The van der Waals surface area contributed by atoms with Crippen LogP contribution in [0.1, 0.15) is 38.7 Å². The molecule has 1 aromatic carbocycles. The van der Waals surface area contributed by atoms with Crippen LogP contribution in [-0.2, 0) is 16.4 Å². The lowest BCUT2D eigenvalue weighted by Gasteiger charge is -2.31. The molecule has 2 rings (SSSR count). The molecule has 0 bridgehead atoms. The number of sulfonamides is 1. The molecule has 1 N–H and O–H groups in total. The van der Waals surface area contributed by atoms with E-state index in [0.29, 0.717) is 29.8 Å². The number of piperidine rings is 1. The van der Waals surface area contributed by atoms with Crippen LogP contribution in [-0.4, -0.2) is 39.4 Å². The van der Waals surface area contributed by atoms with E-state index in [0.717, 1.165) is 32.2 Å². The molecule has 0 aliphatic carbocycles. The van der Waals surface area contributed by atoms with Gasteiger partial charge >= 0.3 is 0 Å². The molecule has 0 atom stereocenters. The van der Waals surface area contributed by atoms with Crippen LogP contribution in [0.15, 0.2) is 29.2 Å². The van der Waals surface area contributed by atoms with Crippen LogP contribution in [0.2, 0.25) is 0 Å². The highest BCUT2D eigenvalue weighted by Crippen LogP contribution is 2.24. The molecule has 1 heterocycles. The van der Waals surface area contributed by atoms with Gasteiger partial charge in [0.05, 0.1) is 4.90 Å². The van der Waals surface area contributed by atoms with E-state index in [4.69, 9.17) is 0 Å². The van der Waals surface area contributed by atoms with Gasteiger partial charge in [-0.2, -0.15) is 4.31 Å². The standard InChI is InChI=1S/C18H30N2O2S.ClH/c1-15(2)4-5-16-6-8-18(9-7-16)23(21,22)20-12-10-17(11-13-20)14-19-3;/h6-9,15,17,19H,4-5,10-14H2,1-3H3;1H. The van der Waals surface area contributed by atoms with Gasteiger partial charge in [-0.05, 0) is 68.8 Å². The number of hydrogen-bond donors (Lipinski definition) is 1. The molecule has 0 aromatic heterocycles. The first-order valence-electron chi connectivity index (χ1n) is 8.67. The molecule has 0 unspecified atom stereocenters. The van der Waals surface area contributed by atoms with E-state index >= 15 is 0 Å². The summed E-state index contributed by atoms with van der Waals surface area (Å²) in [6.07, 6.45) is 4.01.